The molecule has 2 heterocycles. The summed E-state index contributed by atoms with van der Waals surface area (Å²) in [5.74, 6) is 1.10. The number of nitrogens with one attached hydrogen (secondary N) is 2. The van der Waals surface area contributed by atoms with Crippen LogP contribution in [0.15, 0.2) is 10.6 Å². The number of oxazole rings is 1. The van der Waals surface area contributed by atoms with Crippen LogP contribution in [0.3, 0.4) is 0 Å². The molecule has 7 nitrogen and oxygen atoms in total. The number of nitrogens with zero attached hydrogens (tertiary/aromatic N) is 2. The van der Waals surface area contributed by atoms with Crippen LogP contribution < -0.4 is 10.6 Å². The summed E-state index contributed by atoms with van der Waals surface area (Å²) >= 11 is 0. The molecule has 3 amide bonds. The first-order valence-corrected chi connectivity index (χ1v) is 6.27. The van der Waals surface area contributed by atoms with E-state index in [1.165, 1.54) is 0 Å². The van der Waals surface area contributed by atoms with Crippen molar-refractivity contribution in [2.24, 2.45) is 0 Å². The van der Waals surface area contributed by atoms with Gasteiger partial charge in [-0.1, -0.05) is 0 Å². The lowest BCUT2D eigenvalue weighted by Gasteiger charge is -2.29. The van der Waals surface area contributed by atoms with Gasteiger partial charge >= 0.3 is 6.03 Å². The molecule has 7 heteroatoms. The molecule has 1 aromatic heterocycles. The smallest absolute Gasteiger partial charge is 0.315 e. The van der Waals surface area contributed by atoms with Gasteiger partial charge in [0.1, 0.15) is 11.8 Å². The number of piperidine rings is 1. The van der Waals surface area contributed by atoms with Crippen molar-refractivity contribution in [1.29, 1.82) is 0 Å². The predicted molar refractivity (Wildman–Crippen MR) is 67.3 cm³/mol. The van der Waals surface area contributed by atoms with Gasteiger partial charge in [0.25, 0.3) is 0 Å². The van der Waals surface area contributed by atoms with Gasteiger partial charge in [-0.2, -0.15) is 0 Å². The highest BCUT2D eigenvalue weighted by molar-refractivity contribution is 5.87. The molecule has 1 aliphatic rings. The normalized spacial score (nSPS) is 19.4. The van der Waals surface area contributed by atoms with E-state index in [0.29, 0.717) is 18.1 Å². The van der Waals surface area contributed by atoms with Crippen LogP contribution in [0, 0.1) is 6.92 Å². The molecule has 0 aromatic carbocycles. The highest BCUT2D eigenvalue weighted by Gasteiger charge is 2.27. The van der Waals surface area contributed by atoms with Gasteiger partial charge < -0.3 is 20.0 Å². The summed E-state index contributed by atoms with van der Waals surface area (Å²) in [6.07, 6.45) is 3.14. The third-order valence-corrected chi connectivity index (χ3v) is 3.06. The van der Waals surface area contributed by atoms with E-state index in [2.05, 4.69) is 15.6 Å². The Kier molecular flexibility index (Phi) is 4.03. The van der Waals surface area contributed by atoms with Gasteiger partial charge in [0, 0.05) is 20.5 Å². The molecule has 1 atom stereocenters. The van der Waals surface area contributed by atoms with Crippen LogP contribution in [0.4, 0.5) is 4.79 Å². The average molecular weight is 266 g/mol. The Morgan fingerprint density at radius 2 is 2.42 bits per heavy atom. The van der Waals surface area contributed by atoms with Crippen molar-refractivity contribution in [1.82, 2.24) is 20.5 Å². The van der Waals surface area contributed by atoms with Crippen molar-refractivity contribution in [3.8, 4) is 0 Å². The first kappa shape index (κ1) is 13.4. The highest BCUT2D eigenvalue weighted by atomic mass is 16.4. The van der Waals surface area contributed by atoms with Crippen LogP contribution in [0.25, 0.3) is 0 Å². The van der Waals surface area contributed by atoms with Crippen LogP contribution in [-0.2, 0) is 11.3 Å². The van der Waals surface area contributed by atoms with Gasteiger partial charge in [-0.15, -0.1) is 0 Å². The zero-order chi connectivity index (χ0) is 13.8. The summed E-state index contributed by atoms with van der Waals surface area (Å²) in [6, 6.07) is -0.807. The number of carbonyl (C=O) groups excluding carboxylic acids is 2. The molecule has 0 radical (unpaired) electrons. The molecule has 2 rings (SSSR count). The van der Waals surface area contributed by atoms with Crippen LogP contribution in [0.1, 0.15) is 24.5 Å². The average Bonchev–Trinajstić information content (AvgIpc) is 2.78. The molecule has 0 spiro atoms. The number of hydrogen-bond acceptors (Lipinski definition) is 4. The van der Waals surface area contributed by atoms with Crippen molar-refractivity contribution in [3.63, 3.8) is 0 Å². The van der Waals surface area contributed by atoms with Crippen molar-refractivity contribution < 1.29 is 14.0 Å². The Balaban J connectivity index is 1.79. The highest BCUT2D eigenvalue weighted by Crippen LogP contribution is 2.09. The van der Waals surface area contributed by atoms with Gasteiger partial charge in [-0.3, -0.25) is 4.79 Å². The molecule has 19 heavy (non-hydrogen) atoms. The summed E-state index contributed by atoms with van der Waals surface area (Å²) in [6.45, 7) is 2.74. The second-order valence-electron chi connectivity index (χ2n) is 4.63. The maximum absolute atomic E-state index is 11.8. The Bertz CT molecular complexity index is 471. The van der Waals surface area contributed by atoms with E-state index in [1.807, 2.05) is 0 Å². The molecule has 0 aliphatic carbocycles. The van der Waals surface area contributed by atoms with Crippen molar-refractivity contribution >= 4 is 11.9 Å². The van der Waals surface area contributed by atoms with Crippen molar-refractivity contribution in [2.45, 2.75) is 32.4 Å². The Morgan fingerprint density at radius 1 is 1.63 bits per heavy atom. The minimum absolute atomic E-state index is 0.0445. The number of aryl methyl sites for hydroxylation is 1. The Morgan fingerprint density at radius 3 is 3.11 bits per heavy atom. The molecule has 0 bridgehead atoms. The largest absolute Gasteiger partial charge is 0.444 e. The molecule has 1 aliphatic heterocycles. The van der Waals surface area contributed by atoms with E-state index in [1.54, 1.807) is 25.1 Å². The van der Waals surface area contributed by atoms with E-state index in [4.69, 9.17) is 4.42 Å². The fraction of sp³-hybridized carbons (Fsp3) is 0.583. The van der Waals surface area contributed by atoms with E-state index in [-0.39, 0.29) is 18.5 Å². The quantitative estimate of drug-likeness (QED) is 0.829. The number of likely N-dealkylation sites (tertiary alicyclic amines) is 1. The fourth-order valence-corrected chi connectivity index (χ4v) is 2.03. The van der Waals surface area contributed by atoms with Gasteiger partial charge in [-0.25, -0.2) is 9.78 Å². The number of amides is 3. The second kappa shape index (κ2) is 5.73. The van der Waals surface area contributed by atoms with Gasteiger partial charge in [0.15, 0.2) is 5.89 Å². The predicted octanol–water partition coefficient (Wildman–Crippen LogP) is 0.403. The molecule has 1 saturated heterocycles. The number of likely N-dealkylation sites (N-methyl/N-ethyl adjacent to an activating group) is 1. The van der Waals surface area contributed by atoms with Crippen LogP contribution in [0.5, 0.6) is 0 Å². The number of urea groups is 1. The van der Waals surface area contributed by atoms with Gasteiger partial charge in [-0.05, 0) is 12.8 Å². The Labute approximate surface area is 111 Å². The third kappa shape index (κ3) is 3.46. The molecule has 0 saturated carbocycles. The molecule has 2 N–H and O–H groups in total. The molecular formula is C12H18N4O3. The third-order valence-electron chi connectivity index (χ3n) is 3.06. The van der Waals surface area contributed by atoms with Gasteiger partial charge in [0.2, 0.25) is 5.91 Å². The molecule has 1 fully saturated rings. The monoisotopic (exact) mass is 266 g/mol. The van der Waals surface area contributed by atoms with Crippen LogP contribution in [-0.4, -0.2) is 41.5 Å². The summed E-state index contributed by atoms with van der Waals surface area (Å²) in [5, 5.41) is 5.31. The van der Waals surface area contributed by atoms with E-state index in [0.717, 1.165) is 13.0 Å². The number of hydrogen-bond donors (Lipinski definition) is 2. The minimum atomic E-state index is -0.435. The molecule has 104 valence electrons. The first-order chi connectivity index (χ1) is 9.06. The van der Waals surface area contributed by atoms with E-state index >= 15 is 0 Å². The zero-order valence-electron chi connectivity index (χ0n) is 11.1. The van der Waals surface area contributed by atoms with Crippen LogP contribution >= 0.6 is 0 Å². The first-order valence-electron chi connectivity index (χ1n) is 6.27. The summed E-state index contributed by atoms with van der Waals surface area (Å²) in [5.41, 5.74) is 0. The number of aromatic nitrogens is 1. The maximum Gasteiger partial charge on any atom is 0.315 e. The van der Waals surface area contributed by atoms with E-state index < -0.39 is 6.04 Å². The topological polar surface area (TPSA) is 87.5 Å². The molecule has 1 unspecified atom stereocenters. The summed E-state index contributed by atoms with van der Waals surface area (Å²) in [7, 11) is 1.74. The number of carbonyl (C=O) groups is 2. The maximum atomic E-state index is 11.8. The van der Waals surface area contributed by atoms with Crippen molar-refractivity contribution in [2.75, 3.05) is 13.6 Å². The van der Waals surface area contributed by atoms with E-state index in [9.17, 15) is 9.59 Å². The standard InChI is InChI=1S/C12H18N4O3/c1-8-13-6-9(19-8)7-14-12(18)15-10-4-3-5-16(2)11(10)17/h6,10H,3-5,7H2,1-2H3,(H2,14,15,18). The molecule has 1 aromatic rings. The Hall–Kier alpha value is -2.05. The summed E-state index contributed by atoms with van der Waals surface area (Å²) in [4.78, 5) is 29.0. The molecular weight excluding hydrogens is 248 g/mol. The lowest BCUT2D eigenvalue weighted by Crippen LogP contribution is -2.53. The van der Waals surface area contributed by atoms with Crippen molar-refractivity contribution in [3.05, 3.63) is 17.8 Å². The lowest BCUT2D eigenvalue weighted by molar-refractivity contribution is -0.134. The zero-order valence-corrected chi connectivity index (χ0v) is 11.1. The van der Waals surface area contributed by atoms with Crippen LogP contribution in [0.2, 0.25) is 0 Å². The second-order valence-corrected chi connectivity index (χ2v) is 4.63. The summed E-state index contributed by atoms with van der Waals surface area (Å²) < 4.78 is 5.23. The van der Waals surface area contributed by atoms with Gasteiger partial charge in [0.05, 0.1) is 12.7 Å². The SMILES string of the molecule is Cc1ncc(CNC(=O)NC2CCCN(C)C2=O)o1. The minimum Gasteiger partial charge on any atom is -0.444 e. The fourth-order valence-electron chi connectivity index (χ4n) is 2.03. The number of rotatable bonds is 3. The lowest BCUT2D eigenvalue weighted by atomic mass is 10.1.